The smallest absolute Gasteiger partial charge is 0.233 e. The van der Waals surface area contributed by atoms with E-state index in [0.29, 0.717) is 25.7 Å². The van der Waals surface area contributed by atoms with Crippen LogP contribution in [-0.2, 0) is 24.9 Å². The number of likely N-dealkylation sites (N-methyl/N-ethyl adjacent to an activating group) is 1. The van der Waals surface area contributed by atoms with Gasteiger partial charge in [-0.3, -0.25) is 9.69 Å². The van der Waals surface area contributed by atoms with Crippen molar-refractivity contribution in [3.63, 3.8) is 0 Å². The summed E-state index contributed by atoms with van der Waals surface area (Å²) >= 11 is 0. The molecule has 1 aliphatic rings. The molecule has 31 heavy (non-hydrogen) atoms. The number of aromatic nitrogens is 3. The Labute approximate surface area is 201 Å². The molecule has 0 spiro atoms. The van der Waals surface area contributed by atoms with Crippen LogP contribution in [0.3, 0.4) is 0 Å². The van der Waals surface area contributed by atoms with Crippen molar-refractivity contribution in [3.05, 3.63) is 47.5 Å². The molecule has 0 bridgehead atoms. The Balaban J connectivity index is 0.00000341. The number of nitrogens with one attached hydrogen (secondary N) is 3. The van der Waals surface area contributed by atoms with E-state index in [9.17, 15) is 4.79 Å². The van der Waals surface area contributed by atoms with Crippen LogP contribution in [0.5, 0.6) is 0 Å². The highest BCUT2D eigenvalue weighted by Gasteiger charge is 2.21. The largest absolute Gasteiger partial charge is 0.358 e. The fraction of sp³-hybridized carbons (Fsp3) is 0.524. The summed E-state index contributed by atoms with van der Waals surface area (Å²) in [5.74, 6) is 2.57. The fourth-order valence-electron chi connectivity index (χ4n) is 3.38. The molecule has 2 aromatic rings. The maximum atomic E-state index is 11.6. The molecule has 170 valence electrons. The van der Waals surface area contributed by atoms with Gasteiger partial charge >= 0.3 is 0 Å². The SMILES string of the molecule is CNC(=O)CN1CCC(NC(=NCc2ccccc2)NCc2nnc(C)n2C)CC1.I. The standard InChI is InChI=1S/C21H32N8O.HI/c1-16-26-27-19(28(16)3)14-24-21(23-13-17-7-5-4-6-8-17)25-18-9-11-29(12-10-18)15-20(30)22-2;/h4-8,18H,9-15H2,1-3H3,(H,22,30)(H2,23,24,25);1H. The van der Waals surface area contributed by atoms with E-state index in [2.05, 4.69) is 43.2 Å². The average molecular weight is 540 g/mol. The lowest BCUT2D eigenvalue weighted by molar-refractivity contribution is -0.122. The van der Waals surface area contributed by atoms with Crippen LogP contribution in [0.25, 0.3) is 0 Å². The van der Waals surface area contributed by atoms with Crippen molar-refractivity contribution in [1.82, 2.24) is 35.6 Å². The van der Waals surface area contributed by atoms with Gasteiger partial charge in [0.15, 0.2) is 11.8 Å². The fourth-order valence-corrected chi connectivity index (χ4v) is 3.38. The molecule has 0 radical (unpaired) electrons. The van der Waals surface area contributed by atoms with Gasteiger partial charge in [-0.05, 0) is 25.3 Å². The van der Waals surface area contributed by atoms with Crippen molar-refractivity contribution in [2.75, 3.05) is 26.7 Å². The highest BCUT2D eigenvalue weighted by Crippen LogP contribution is 2.10. The van der Waals surface area contributed by atoms with Crippen LogP contribution >= 0.6 is 24.0 Å². The first-order valence-electron chi connectivity index (χ1n) is 10.4. The van der Waals surface area contributed by atoms with Crippen molar-refractivity contribution in [2.24, 2.45) is 12.0 Å². The molecule has 2 heterocycles. The maximum Gasteiger partial charge on any atom is 0.233 e. The maximum absolute atomic E-state index is 11.6. The second-order valence-corrected chi connectivity index (χ2v) is 7.59. The number of amides is 1. The van der Waals surface area contributed by atoms with Gasteiger partial charge in [0.05, 0.1) is 19.6 Å². The van der Waals surface area contributed by atoms with Crippen molar-refractivity contribution in [3.8, 4) is 0 Å². The number of aliphatic imine (C=N–C) groups is 1. The lowest BCUT2D eigenvalue weighted by atomic mass is 10.1. The number of hydrogen-bond acceptors (Lipinski definition) is 5. The zero-order chi connectivity index (χ0) is 21.3. The van der Waals surface area contributed by atoms with Gasteiger partial charge in [-0.2, -0.15) is 0 Å². The molecule has 0 atom stereocenters. The number of aryl methyl sites for hydroxylation is 1. The third-order valence-electron chi connectivity index (χ3n) is 5.43. The minimum absolute atomic E-state index is 0. The Morgan fingerprint density at radius 1 is 1.19 bits per heavy atom. The molecule has 1 fully saturated rings. The second-order valence-electron chi connectivity index (χ2n) is 7.59. The highest BCUT2D eigenvalue weighted by atomic mass is 127. The Morgan fingerprint density at radius 3 is 2.52 bits per heavy atom. The number of carbonyl (C=O) groups is 1. The number of carbonyl (C=O) groups excluding carboxylic acids is 1. The van der Waals surface area contributed by atoms with Gasteiger partial charge in [0.25, 0.3) is 0 Å². The van der Waals surface area contributed by atoms with Crippen molar-refractivity contribution in [1.29, 1.82) is 0 Å². The number of likely N-dealkylation sites (tertiary alicyclic amines) is 1. The summed E-state index contributed by atoms with van der Waals surface area (Å²) in [4.78, 5) is 18.6. The zero-order valence-corrected chi connectivity index (χ0v) is 20.8. The Kier molecular flexibility index (Phi) is 10.2. The molecular weight excluding hydrogens is 507 g/mol. The van der Waals surface area contributed by atoms with Crippen LogP contribution in [-0.4, -0.2) is 64.3 Å². The Morgan fingerprint density at radius 2 is 1.90 bits per heavy atom. The van der Waals surface area contributed by atoms with E-state index in [4.69, 9.17) is 4.99 Å². The first kappa shape index (κ1) is 25.1. The van der Waals surface area contributed by atoms with Gasteiger partial charge in [-0.25, -0.2) is 4.99 Å². The summed E-state index contributed by atoms with van der Waals surface area (Å²) in [5.41, 5.74) is 1.16. The molecule has 1 amide bonds. The minimum Gasteiger partial charge on any atom is -0.358 e. The van der Waals surface area contributed by atoms with Gasteiger partial charge in [0.1, 0.15) is 5.82 Å². The van der Waals surface area contributed by atoms with Gasteiger partial charge in [-0.15, -0.1) is 34.2 Å². The van der Waals surface area contributed by atoms with E-state index in [1.165, 1.54) is 0 Å². The number of benzene rings is 1. The number of piperidine rings is 1. The first-order valence-corrected chi connectivity index (χ1v) is 10.4. The first-order chi connectivity index (χ1) is 14.5. The summed E-state index contributed by atoms with van der Waals surface area (Å²) in [6, 6.07) is 10.5. The molecule has 0 saturated carbocycles. The van der Waals surface area contributed by atoms with Gasteiger partial charge in [0, 0.05) is 33.2 Å². The Bertz CT molecular complexity index is 846. The van der Waals surface area contributed by atoms with Crippen LogP contribution in [0.4, 0.5) is 0 Å². The van der Waals surface area contributed by atoms with Crippen molar-refractivity contribution >= 4 is 35.8 Å². The van der Waals surface area contributed by atoms with E-state index in [-0.39, 0.29) is 29.9 Å². The van der Waals surface area contributed by atoms with Gasteiger partial charge in [-0.1, -0.05) is 30.3 Å². The normalized spacial score (nSPS) is 15.3. The van der Waals surface area contributed by atoms with Crippen LogP contribution in [0.2, 0.25) is 0 Å². The molecule has 9 nitrogen and oxygen atoms in total. The number of rotatable bonds is 7. The third-order valence-corrected chi connectivity index (χ3v) is 5.43. The van der Waals surface area contributed by atoms with Crippen LogP contribution in [0.15, 0.2) is 35.3 Å². The highest BCUT2D eigenvalue weighted by molar-refractivity contribution is 14.0. The monoisotopic (exact) mass is 540 g/mol. The second kappa shape index (κ2) is 12.6. The molecule has 3 N–H and O–H groups in total. The molecule has 0 unspecified atom stereocenters. The predicted octanol–water partition coefficient (Wildman–Crippen LogP) is 1.19. The quantitative estimate of drug-likeness (QED) is 0.277. The lowest BCUT2D eigenvalue weighted by Crippen LogP contribution is -2.50. The Hall–Kier alpha value is -2.21. The zero-order valence-electron chi connectivity index (χ0n) is 18.5. The summed E-state index contributed by atoms with van der Waals surface area (Å²) in [6.07, 6.45) is 1.93. The molecule has 1 saturated heterocycles. The van der Waals surface area contributed by atoms with Crippen molar-refractivity contribution in [2.45, 2.75) is 38.9 Å². The lowest BCUT2D eigenvalue weighted by Gasteiger charge is -2.32. The molecular formula is C21H33IN8O. The predicted molar refractivity (Wildman–Crippen MR) is 132 cm³/mol. The van der Waals surface area contributed by atoms with Crippen LogP contribution in [0.1, 0.15) is 30.1 Å². The minimum atomic E-state index is 0. The third kappa shape index (κ3) is 7.76. The van der Waals surface area contributed by atoms with Crippen LogP contribution in [0, 0.1) is 6.92 Å². The van der Waals surface area contributed by atoms with Crippen molar-refractivity contribution < 1.29 is 4.79 Å². The van der Waals surface area contributed by atoms with E-state index in [1.807, 2.05) is 36.7 Å². The topological polar surface area (TPSA) is 99.5 Å². The van der Waals surface area contributed by atoms with E-state index >= 15 is 0 Å². The molecule has 0 aliphatic carbocycles. The molecule has 1 aromatic heterocycles. The van der Waals surface area contributed by atoms with E-state index < -0.39 is 0 Å². The number of nitrogens with zero attached hydrogens (tertiary/aromatic N) is 5. The van der Waals surface area contributed by atoms with Crippen LogP contribution < -0.4 is 16.0 Å². The number of halogens is 1. The summed E-state index contributed by atoms with van der Waals surface area (Å²) in [5, 5.41) is 18.0. The molecule has 1 aromatic carbocycles. The molecule has 1 aliphatic heterocycles. The van der Waals surface area contributed by atoms with Gasteiger partial charge < -0.3 is 20.5 Å². The number of hydrogen-bond donors (Lipinski definition) is 3. The van der Waals surface area contributed by atoms with E-state index in [0.717, 1.165) is 49.1 Å². The van der Waals surface area contributed by atoms with E-state index in [1.54, 1.807) is 7.05 Å². The average Bonchev–Trinajstić information content (AvgIpc) is 3.09. The number of guanidine groups is 1. The molecule has 10 heteroatoms. The summed E-state index contributed by atoms with van der Waals surface area (Å²) in [7, 11) is 3.64. The summed E-state index contributed by atoms with van der Waals surface area (Å²) < 4.78 is 1.97. The molecule has 3 rings (SSSR count). The summed E-state index contributed by atoms with van der Waals surface area (Å²) in [6.45, 7) is 5.32. The van der Waals surface area contributed by atoms with Gasteiger partial charge in [0.2, 0.25) is 5.91 Å².